The van der Waals surface area contributed by atoms with Gasteiger partial charge in [0.25, 0.3) is 0 Å². The summed E-state index contributed by atoms with van der Waals surface area (Å²) in [5, 5.41) is 2.71. The van der Waals surface area contributed by atoms with Gasteiger partial charge in [-0.05, 0) is 45.1 Å². The van der Waals surface area contributed by atoms with Gasteiger partial charge in [0.05, 0.1) is 31.8 Å². The summed E-state index contributed by atoms with van der Waals surface area (Å²) in [5.41, 5.74) is 0.747. The monoisotopic (exact) mass is 441 g/mol. The van der Waals surface area contributed by atoms with Gasteiger partial charge < -0.3 is 24.6 Å². The van der Waals surface area contributed by atoms with E-state index in [1.807, 2.05) is 19.0 Å². The lowest BCUT2D eigenvalue weighted by Gasteiger charge is -2.29. The van der Waals surface area contributed by atoms with Gasteiger partial charge in [-0.15, -0.1) is 0 Å². The molecule has 2 amide bonds. The molecule has 1 fully saturated rings. The molecule has 1 saturated heterocycles. The van der Waals surface area contributed by atoms with Crippen LogP contribution in [0.4, 0.5) is 0 Å². The van der Waals surface area contributed by atoms with Crippen molar-refractivity contribution in [3.05, 3.63) is 23.8 Å². The van der Waals surface area contributed by atoms with Crippen LogP contribution >= 0.6 is 0 Å². The largest absolute Gasteiger partial charge is 0.493 e. The number of hydrogen-bond donors (Lipinski definition) is 1. The second-order valence-corrected chi connectivity index (χ2v) is 9.90. The van der Waals surface area contributed by atoms with Crippen LogP contribution in [-0.4, -0.2) is 89.0 Å². The van der Waals surface area contributed by atoms with Gasteiger partial charge in [0.15, 0.2) is 21.3 Å². The molecule has 1 aliphatic rings. The minimum absolute atomic E-state index is 0.0348. The lowest BCUT2D eigenvalue weighted by atomic mass is 10.1. The summed E-state index contributed by atoms with van der Waals surface area (Å²) in [4.78, 5) is 28.9. The zero-order chi connectivity index (χ0) is 22.5. The third-order valence-corrected chi connectivity index (χ3v) is 6.90. The number of methoxy groups -OCH3 is 2. The second kappa shape index (κ2) is 10.1. The highest BCUT2D eigenvalue weighted by Crippen LogP contribution is 2.30. The number of amides is 2. The van der Waals surface area contributed by atoms with Gasteiger partial charge in [-0.25, -0.2) is 8.42 Å². The number of rotatable bonds is 8. The number of hydrogen-bond acceptors (Lipinski definition) is 7. The van der Waals surface area contributed by atoms with Crippen LogP contribution in [0.2, 0.25) is 0 Å². The van der Waals surface area contributed by atoms with E-state index in [2.05, 4.69) is 5.32 Å². The van der Waals surface area contributed by atoms with Crippen molar-refractivity contribution in [3.8, 4) is 11.5 Å². The van der Waals surface area contributed by atoms with Gasteiger partial charge in [0.1, 0.15) is 0 Å². The molecule has 1 aromatic rings. The Bertz CT molecular complexity index is 871. The fraction of sp³-hybridized carbons (Fsp3) is 0.600. The Morgan fingerprint density at radius 1 is 1.17 bits per heavy atom. The summed E-state index contributed by atoms with van der Waals surface area (Å²) in [6.45, 7) is 2.57. The predicted molar refractivity (Wildman–Crippen MR) is 113 cm³/mol. The highest BCUT2D eigenvalue weighted by Gasteiger charge is 2.37. The van der Waals surface area contributed by atoms with E-state index >= 15 is 0 Å². The SMILES string of the molecule is COc1ccc(C(C)NC(=O)C(=O)N(CCN(C)C)C2CCS(=O)(=O)C2)cc1OC. The summed E-state index contributed by atoms with van der Waals surface area (Å²) in [7, 11) is 3.58. The Labute approximate surface area is 178 Å². The molecule has 10 heteroatoms. The molecule has 0 spiro atoms. The first kappa shape index (κ1) is 23.9. The Hall–Kier alpha value is -2.33. The van der Waals surface area contributed by atoms with Crippen LogP contribution in [0.15, 0.2) is 18.2 Å². The zero-order valence-electron chi connectivity index (χ0n) is 18.2. The molecule has 2 atom stereocenters. The average molecular weight is 442 g/mol. The van der Waals surface area contributed by atoms with Gasteiger partial charge in [-0.3, -0.25) is 9.59 Å². The normalized spacial score (nSPS) is 18.7. The number of likely N-dealkylation sites (N-methyl/N-ethyl adjacent to an activating group) is 1. The topological polar surface area (TPSA) is 105 Å². The van der Waals surface area contributed by atoms with Crippen molar-refractivity contribution in [1.82, 2.24) is 15.1 Å². The molecule has 1 aliphatic heterocycles. The van der Waals surface area contributed by atoms with Crippen LogP contribution < -0.4 is 14.8 Å². The zero-order valence-corrected chi connectivity index (χ0v) is 19.0. The molecule has 30 heavy (non-hydrogen) atoms. The van der Waals surface area contributed by atoms with E-state index in [-0.39, 0.29) is 18.1 Å². The van der Waals surface area contributed by atoms with Crippen molar-refractivity contribution in [2.45, 2.75) is 25.4 Å². The summed E-state index contributed by atoms with van der Waals surface area (Å²) in [6.07, 6.45) is 0.347. The van der Waals surface area contributed by atoms with Crippen LogP contribution in [0.25, 0.3) is 0 Å². The van der Waals surface area contributed by atoms with Crippen LogP contribution in [-0.2, 0) is 19.4 Å². The number of ether oxygens (including phenoxy) is 2. The maximum absolute atomic E-state index is 12.9. The van der Waals surface area contributed by atoms with E-state index in [1.165, 1.54) is 19.1 Å². The van der Waals surface area contributed by atoms with E-state index in [9.17, 15) is 18.0 Å². The van der Waals surface area contributed by atoms with E-state index < -0.39 is 33.7 Å². The molecule has 2 unspecified atom stereocenters. The maximum atomic E-state index is 12.9. The first-order valence-electron chi connectivity index (χ1n) is 9.76. The molecule has 168 valence electrons. The molecular weight excluding hydrogens is 410 g/mol. The van der Waals surface area contributed by atoms with Crippen LogP contribution in [0.1, 0.15) is 24.9 Å². The molecule has 0 aliphatic carbocycles. The Kier molecular flexibility index (Phi) is 8.08. The van der Waals surface area contributed by atoms with Crippen LogP contribution in [0, 0.1) is 0 Å². The molecule has 0 saturated carbocycles. The van der Waals surface area contributed by atoms with Crippen molar-refractivity contribution in [3.63, 3.8) is 0 Å². The minimum Gasteiger partial charge on any atom is -0.493 e. The van der Waals surface area contributed by atoms with E-state index in [0.29, 0.717) is 24.5 Å². The highest BCUT2D eigenvalue weighted by atomic mass is 32.2. The first-order chi connectivity index (χ1) is 14.1. The Morgan fingerprint density at radius 2 is 1.83 bits per heavy atom. The second-order valence-electron chi connectivity index (χ2n) is 7.67. The molecule has 9 nitrogen and oxygen atoms in total. The third-order valence-electron chi connectivity index (χ3n) is 5.15. The minimum atomic E-state index is -3.18. The van der Waals surface area contributed by atoms with Crippen molar-refractivity contribution < 1.29 is 27.5 Å². The molecule has 1 aromatic carbocycles. The summed E-state index contributed by atoms with van der Waals surface area (Å²) in [6, 6.07) is 4.31. The van der Waals surface area contributed by atoms with Crippen LogP contribution in [0.5, 0.6) is 11.5 Å². The first-order valence-corrected chi connectivity index (χ1v) is 11.6. The maximum Gasteiger partial charge on any atom is 0.312 e. The Morgan fingerprint density at radius 3 is 2.37 bits per heavy atom. The summed E-state index contributed by atoms with van der Waals surface area (Å²) in [5.74, 6) is -0.469. The summed E-state index contributed by atoms with van der Waals surface area (Å²) < 4.78 is 34.3. The van der Waals surface area contributed by atoms with Gasteiger partial charge in [-0.2, -0.15) is 0 Å². The van der Waals surface area contributed by atoms with Gasteiger partial charge in [-0.1, -0.05) is 6.07 Å². The van der Waals surface area contributed by atoms with E-state index in [4.69, 9.17) is 9.47 Å². The summed E-state index contributed by atoms with van der Waals surface area (Å²) >= 11 is 0. The lowest BCUT2D eigenvalue weighted by Crippen LogP contribution is -2.50. The molecule has 0 bridgehead atoms. The number of nitrogens with zero attached hydrogens (tertiary/aromatic N) is 2. The molecule has 1 heterocycles. The number of carbonyl (C=O) groups is 2. The Balaban J connectivity index is 2.13. The number of sulfone groups is 1. The van der Waals surface area contributed by atoms with Crippen molar-refractivity contribution >= 4 is 21.7 Å². The molecular formula is C20H31N3O6S. The van der Waals surface area contributed by atoms with Gasteiger partial charge in [0, 0.05) is 19.1 Å². The third kappa shape index (κ3) is 6.09. The van der Waals surface area contributed by atoms with Crippen molar-refractivity contribution in [2.75, 3.05) is 52.9 Å². The molecule has 1 N–H and O–H groups in total. The number of benzene rings is 1. The van der Waals surface area contributed by atoms with Crippen molar-refractivity contribution in [2.24, 2.45) is 0 Å². The fourth-order valence-corrected chi connectivity index (χ4v) is 5.10. The lowest BCUT2D eigenvalue weighted by molar-refractivity contribution is -0.147. The van der Waals surface area contributed by atoms with Crippen LogP contribution in [0.3, 0.4) is 0 Å². The molecule has 0 radical (unpaired) electrons. The standard InChI is InChI=1S/C20H31N3O6S/c1-14(15-6-7-17(28-4)18(12-15)29-5)21-19(24)20(25)23(10-9-22(2)3)16-8-11-30(26,27)13-16/h6-7,12,14,16H,8-11,13H2,1-5H3,(H,21,24). The molecule has 2 rings (SSSR count). The van der Waals surface area contributed by atoms with E-state index in [1.54, 1.807) is 25.1 Å². The van der Waals surface area contributed by atoms with Gasteiger partial charge in [0.2, 0.25) is 0 Å². The van der Waals surface area contributed by atoms with Gasteiger partial charge >= 0.3 is 11.8 Å². The van der Waals surface area contributed by atoms with Crippen molar-refractivity contribution in [1.29, 1.82) is 0 Å². The average Bonchev–Trinajstić information content (AvgIpc) is 3.06. The predicted octanol–water partition coefficient (Wildman–Crippen LogP) is 0.458. The number of nitrogens with one attached hydrogen (secondary N) is 1. The number of carbonyl (C=O) groups excluding carboxylic acids is 2. The molecule has 0 aromatic heterocycles. The fourth-order valence-electron chi connectivity index (χ4n) is 3.37. The quantitative estimate of drug-likeness (QED) is 0.584. The van der Waals surface area contributed by atoms with E-state index in [0.717, 1.165) is 5.56 Å². The highest BCUT2D eigenvalue weighted by molar-refractivity contribution is 7.91. The smallest absolute Gasteiger partial charge is 0.312 e.